The molecule has 0 N–H and O–H groups in total. The summed E-state index contributed by atoms with van der Waals surface area (Å²) >= 11 is 0. The van der Waals surface area contributed by atoms with Gasteiger partial charge in [-0.15, -0.1) is 0 Å². The van der Waals surface area contributed by atoms with Crippen LogP contribution in [0.5, 0.6) is 0 Å². The van der Waals surface area contributed by atoms with Crippen LogP contribution in [0.2, 0.25) is 0 Å². The molecule has 0 aromatic rings. The quantitative estimate of drug-likeness (QED) is 0.627. The van der Waals surface area contributed by atoms with E-state index >= 15 is 0 Å². The van der Waals surface area contributed by atoms with Crippen molar-refractivity contribution in [1.82, 2.24) is 0 Å². The third-order valence-electron chi connectivity index (χ3n) is 3.45. The Bertz CT molecular complexity index is 170. The van der Waals surface area contributed by atoms with E-state index in [0.717, 1.165) is 13.2 Å². The molecule has 1 aliphatic heterocycles. The van der Waals surface area contributed by atoms with Crippen LogP contribution in [-0.2, 0) is 9.47 Å². The van der Waals surface area contributed by atoms with E-state index in [1.54, 1.807) is 0 Å². The fourth-order valence-electron chi connectivity index (χ4n) is 2.06. The predicted molar refractivity (Wildman–Crippen MR) is 62.8 cm³/mol. The number of unbranched alkanes of at least 4 members (excludes halogenated alkanes) is 3. The van der Waals surface area contributed by atoms with Crippen molar-refractivity contribution in [2.45, 2.75) is 65.1 Å². The molecular weight excluding hydrogens is 188 g/mol. The molecule has 2 unspecified atom stereocenters. The normalized spacial score (nSPS) is 31.8. The van der Waals surface area contributed by atoms with Crippen molar-refractivity contribution in [3.8, 4) is 0 Å². The molecular formula is C13H26O2. The molecule has 90 valence electrons. The molecule has 0 amide bonds. The zero-order chi connectivity index (χ0) is 11.1. The Labute approximate surface area is 94.3 Å². The van der Waals surface area contributed by atoms with Crippen molar-refractivity contribution >= 4 is 0 Å². The van der Waals surface area contributed by atoms with Crippen molar-refractivity contribution in [3.63, 3.8) is 0 Å². The second-order valence-electron chi connectivity index (χ2n) is 4.82. The average molecular weight is 214 g/mol. The maximum Gasteiger partial charge on any atom is 0.167 e. The molecule has 0 radical (unpaired) electrons. The van der Waals surface area contributed by atoms with Crippen molar-refractivity contribution in [2.24, 2.45) is 5.92 Å². The first-order chi connectivity index (χ1) is 7.19. The summed E-state index contributed by atoms with van der Waals surface area (Å²) in [4.78, 5) is 0. The fourth-order valence-corrected chi connectivity index (χ4v) is 2.06. The van der Waals surface area contributed by atoms with Gasteiger partial charge in [0.2, 0.25) is 0 Å². The third kappa shape index (κ3) is 4.12. The second-order valence-corrected chi connectivity index (χ2v) is 4.82. The van der Waals surface area contributed by atoms with Gasteiger partial charge in [-0.2, -0.15) is 0 Å². The topological polar surface area (TPSA) is 18.5 Å². The van der Waals surface area contributed by atoms with Gasteiger partial charge in [0.25, 0.3) is 0 Å². The van der Waals surface area contributed by atoms with Gasteiger partial charge >= 0.3 is 0 Å². The summed E-state index contributed by atoms with van der Waals surface area (Å²) in [5.74, 6) is 0.210. The van der Waals surface area contributed by atoms with Crippen molar-refractivity contribution in [2.75, 3.05) is 13.2 Å². The van der Waals surface area contributed by atoms with Crippen LogP contribution in [0.15, 0.2) is 0 Å². The molecule has 1 fully saturated rings. The van der Waals surface area contributed by atoms with Crippen LogP contribution in [0.4, 0.5) is 0 Å². The third-order valence-corrected chi connectivity index (χ3v) is 3.45. The predicted octanol–water partition coefficient (Wildman–Crippen LogP) is 3.75. The van der Waals surface area contributed by atoms with Crippen molar-refractivity contribution in [1.29, 1.82) is 0 Å². The standard InChI is InChI=1S/C13H26O2/c1-4-5-6-7-10-14-13(3)12(2)9-8-11-15-13/h12H,4-11H2,1-3H3. The number of hydrogen-bond acceptors (Lipinski definition) is 2. The second kappa shape index (κ2) is 6.49. The number of rotatable bonds is 6. The van der Waals surface area contributed by atoms with Crippen molar-refractivity contribution in [3.05, 3.63) is 0 Å². The molecule has 0 aromatic heterocycles. The number of ether oxygens (including phenoxy) is 2. The molecule has 2 nitrogen and oxygen atoms in total. The largest absolute Gasteiger partial charge is 0.350 e. The summed E-state index contributed by atoms with van der Waals surface area (Å²) in [7, 11) is 0. The highest BCUT2D eigenvalue weighted by Crippen LogP contribution is 2.31. The lowest BCUT2D eigenvalue weighted by Gasteiger charge is -2.39. The minimum atomic E-state index is -0.315. The van der Waals surface area contributed by atoms with Crippen LogP contribution >= 0.6 is 0 Å². The highest BCUT2D eigenvalue weighted by molar-refractivity contribution is 4.75. The Morgan fingerprint density at radius 1 is 1.33 bits per heavy atom. The van der Waals surface area contributed by atoms with Gasteiger partial charge in [0, 0.05) is 5.92 Å². The van der Waals surface area contributed by atoms with Crippen molar-refractivity contribution < 1.29 is 9.47 Å². The first-order valence-electron chi connectivity index (χ1n) is 6.47. The first kappa shape index (κ1) is 13.0. The maximum absolute atomic E-state index is 5.91. The Kier molecular flexibility index (Phi) is 5.62. The van der Waals surface area contributed by atoms with Gasteiger partial charge in [0.15, 0.2) is 5.79 Å². The summed E-state index contributed by atoms with van der Waals surface area (Å²) in [6.07, 6.45) is 7.45. The molecule has 2 heteroatoms. The van der Waals surface area contributed by atoms with E-state index in [2.05, 4.69) is 20.8 Å². The Morgan fingerprint density at radius 2 is 2.13 bits per heavy atom. The molecule has 1 rings (SSSR count). The van der Waals surface area contributed by atoms with E-state index < -0.39 is 0 Å². The molecule has 15 heavy (non-hydrogen) atoms. The summed E-state index contributed by atoms with van der Waals surface area (Å²) in [5.41, 5.74) is 0. The van der Waals surface area contributed by atoms with E-state index in [1.807, 2.05) is 0 Å². The minimum Gasteiger partial charge on any atom is -0.350 e. The maximum atomic E-state index is 5.91. The van der Waals surface area contributed by atoms with Crippen LogP contribution in [-0.4, -0.2) is 19.0 Å². The molecule has 1 aliphatic rings. The van der Waals surface area contributed by atoms with Gasteiger partial charge in [0.1, 0.15) is 0 Å². The highest BCUT2D eigenvalue weighted by Gasteiger charge is 2.35. The van der Waals surface area contributed by atoms with E-state index in [4.69, 9.17) is 9.47 Å². The molecule has 1 heterocycles. The molecule has 0 aliphatic carbocycles. The fraction of sp³-hybridized carbons (Fsp3) is 1.00. The van der Waals surface area contributed by atoms with Gasteiger partial charge < -0.3 is 9.47 Å². The Morgan fingerprint density at radius 3 is 2.80 bits per heavy atom. The smallest absolute Gasteiger partial charge is 0.167 e. The lowest BCUT2D eigenvalue weighted by molar-refractivity contribution is -0.270. The van der Waals surface area contributed by atoms with Crippen LogP contribution in [0, 0.1) is 5.92 Å². The van der Waals surface area contributed by atoms with Gasteiger partial charge in [-0.3, -0.25) is 0 Å². The first-order valence-corrected chi connectivity index (χ1v) is 6.47. The molecule has 0 spiro atoms. The molecule has 0 bridgehead atoms. The van der Waals surface area contributed by atoms with E-state index in [1.165, 1.54) is 38.5 Å². The van der Waals surface area contributed by atoms with Gasteiger partial charge in [-0.1, -0.05) is 33.1 Å². The molecule has 2 atom stereocenters. The summed E-state index contributed by atoms with van der Waals surface area (Å²) in [6.45, 7) is 8.26. The highest BCUT2D eigenvalue weighted by atomic mass is 16.7. The number of hydrogen-bond donors (Lipinski definition) is 0. The minimum absolute atomic E-state index is 0.315. The van der Waals surface area contributed by atoms with E-state index in [0.29, 0.717) is 5.92 Å². The van der Waals surface area contributed by atoms with Gasteiger partial charge in [0.05, 0.1) is 13.2 Å². The van der Waals surface area contributed by atoms with E-state index in [-0.39, 0.29) is 5.79 Å². The van der Waals surface area contributed by atoms with Crippen LogP contribution in [0.1, 0.15) is 59.3 Å². The lowest BCUT2D eigenvalue weighted by Crippen LogP contribution is -2.43. The average Bonchev–Trinajstić information content (AvgIpc) is 2.23. The zero-order valence-electron chi connectivity index (χ0n) is 10.6. The van der Waals surface area contributed by atoms with Gasteiger partial charge in [-0.25, -0.2) is 0 Å². The SMILES string of the molecule is CCCCCCOC1(C)OCCCC1C. The Balaban J connectivity index is 2.17. The van der Waals surface area contributed by atoms with Crippen LogP contribution in [0.25, 0.3) is 0 Å². The monoisotopic (exact) mass is 214 g/mol. The molecule has 0 aromatic carbocycles. The van der Waals surface area contributed by atoms with Gasteiger partial charge in [-0.05, 0) is 26.2 Å². The van der Waals surface area contributed by atoms with E-state index in [9.17, 15) is 0 Å². The summed E-state index contributed by atoms with van der Waals surface area (Å²) in [6, 6.07) is 0. The molecule has 1 saturated heterocycles. The lowest BCUT2D eigenvalue weighted by atomic mass is 9.94. The summed E-state index contributed by atoms with van der Waals surface area (Å²) < 4.78 is 11.7. The van der Waals surface area contributed by atoms with Crippen LogP contribution in [0.3, 0.4) is 0 Å². The zero-order valence-corrected chi connectivity index (χ0v) is 10.6. The molecule has 0 saturated carbocycles. The summed E-state index contributed by atoms with van der Waals surface area (Å²) in [5, 5.41) is 0. The Hall–Kier alpha value is -0.0800. The van der Waals surface area contributed by atoms with Crippen LogP contribution < -0.4 is 0 Å².